The quantitative estimate of drug-likeness (QED) is 0.892. The summed E-state index contributed by atoms with van der Waals surface area (Å²) in [6.45, 7) is 0.824. The van der Waals surface area contributed by atoms with Gasteiger partial charge in [0, 0.05) is 30.7 Å². The number of amides is 1. The average Bonchev–Trinajstić information content (AvgIpc) is 3.37. The second-order valence-electron chi connectivity index (χ2n) is 5.47. The van der Waals surface area contributed by atoms with Gasteiger partial charge in [-0.25, -0.2) is 4.39 Å². The van der Waals surface area contributed by atoms with Crippen molar-refractivity contribution >= 4 is 11.6 Å². The third kappa shape index (κ3) is 3.81. The molecule has 114 valence electrons. The van der Waals surface area contributed by atoms with E-state index in [1.54, 1.807) is 24.5 Å². The molecular weight excluding hydrogens is 281 g/mol. The maximum Gasteiger partial charge on any atom is 0.242 e. The van der Waals surface area contributed by atoms with Gasteiger partial charge in [0.05, 0.1) is 6.54 Å². The number of anilines is 1. The molecular formula is C17H18FN3O. The summed E-state index contributed by atoms with van der Waals surface area (Å²) >= 11 is 0. The number of nitrogens with zero attached hydrogens (tertiary/aromatic N) is 2. The van der Waals surface area contributed by atoms with E-state index in [9.17, 15) is 9.18 Å². The van der Waals surface area contributed by atoms with Gasteiger partial charge in [-0.3, -0.25) is 9.78 Å². The number of rotatable bonds is 6. The molecule has 0 bridgehead atoms. The van der Waals surface area contributed by atoms with Crippen LogP contribution >= 0.6 is 0 Å². The van der Waals surface area contributed by atoms with E-state index in [1.165, 1.54) is 12.1 Å². The van der Waals surface area contributed by atoms with Crippen LogP contribution in [-0.4, -0.2) is 28.4 Å². The molecule has 1 N–H and O–H groups in total. The van der Waals surface area contributed by atoms with Crippen LogP contribution in [0.15, 0.2) is 48.8 Å². The first kappa shape index (κ1) is 14.5. The Morgan fingerprint density at radius 1 is 1.18 bits per heavy atom. The van der Waals surface area contributed by atoms with E-state index in [1.807, 2.05) is 17.0 Å². The third-order valence-corrected chi connectivity index (χ3v) is 3.70. The zero-order valence-electron chi connectivity index (χ0n) is 12.2. The Morgan fingerprint density at radius 3 is 2.50 bits per heavy atom. The molecule has 1 aromatic carbocycles. The molecule has 1 aromatic heterocycles. The Morgan fingerprint density at radius 2 is 1.86 bits per heavy atom. The van der Waals surface area contributed by atoms with Crippen LogP contribution in [0.25, 0.3) is 0 Å². The van der Waals surface area contributed by atoms with Crippen LogP contribution in [-0.2, 0) is 11.3 Å². The number of carbonyl (C=O) groups is 1. The summed E-state index contributed by atoms with van der Waals surface area (Å²) in [5.74, 6) is -0.224. The molecule has 0 atom stereocenters. The van der Waals surface area contributed by atoms with Gasteiger partial charge in [-0.15, -0.1) is 0 Å². The van der Waals surface area contributed by atoms with Crippen LogP contribution in [0.5, 0.6) is 0 Å². The van der Waals surface area contributed by atoms with Crippen LogP contribution in [0, 0.1) is 5.82 Å². The lowest BCUT2D eigenvalue weighted by atomic mass is 10.2. The largest absolute Gasteiger partial charge is 0.376 e. The van der Waals surface area contributed by atoms with Gasteiger partial charge in [0.1, 0.15) is 5.82 Å². The summed E-state index contributed by atoms with van der Waals surface area (Å²) in [7, 11) is 0. The maximum absolute atomic E-state index is 12.9. The topological polar surface area (TPSA) is 45.2 Å². The highest BCUT2D eigenvalue weighted by atomic mass is 19.1. The Kier molecular flexibility index (Phi) is 4.32. The first-order valence-corrected chi connectivity index (χ1v) is 7.40. The van der Waals surface area contributed by atoms with Gasteiger partial charge in [-0.2, -0.15) is 0 Å². The minimum atomic E-state index is -0.283. The van der Waals surface area contributed by atoms with Gasteiger partial charge in [0.2, 0.25) is 5.91 Å². The molecule has 1 saturated carbocycles. The molecule has 1 aliphatic rings. The number of nitrogens with one attached hydrogen (secondary N) is 1. The lowest BCUT2D eigenvalue weighted by Gasteiger charge is -2.23. The highest BCUT2D eigenvalue weighted by molar-refractivity contribution is 5.81. The lowest BCUT2D eigenvalue weighted by molar-refractivity contribution is -0.130. The number of carbonyl (C=O) groups excluding carboxylic acids is 1. The standard InChI is InChI=1S/C17H18FN3O/c18-14-1-3-15(4-2-14)20-11-17(22)21(16-5-6-16)12-13-7-9-19-10-8-13/h1-4,7-10,16,20H,5-6,11-12H2. The normalized spacial score (nSPS) is 13.7. The molecule has 1 fully saturated rings. The van der Waals surface area contributed by atoms with Crippen LogP contribution < -0.4 is 5.32 Å². The third-order valence-electron chi connectivity index (χ3n) is 3.70. The van der Waals surface area contributed by atoms with E-state index in [-0.39, 0.29) is 18.3 Å². The molecule has 0 unspecified atom stereocenters. The average molecular weight is 299 g/mol. The molecule has 0 spiro atoms. The minimum Gasteiger partial charge on any atom is -0.376 e. The van der Waals surface area contributed by atoms with Crippen molar-refractivity contribution in [2.45, 2.75) is 25.4 Å². The number of aromatic nitrogens is 1. The Balaban J connectivity index is 1.59. The number of benzene rings is 1. The molecule has 22 heavy (non-hydrogen) atoms. The minimum absolute atomic E-state index is 0.0589. The predicted molar refractivity (Wildman–Crippen MR) is 82.7 cm³/mol. The molecule has 2 aromatic rings. The van der Waals surface area contributed by atoms with Gasteiger partial charge in [0.15, 0.2) is 0 Å². The SMILES string of the molecule is O=C(CNc1ccc(F)cc1)N(Cc1ccncc1)C1CC1. The van der Waals surface area contributed by atoms with Gasteiger partial charge in [0.25, 0.3) is 0 Å². The second-order valence-corrected chi connectivity index (χ2v) is 5.47. The summed E-state index contributed by atoms with van der Waals surface area (Å²) in [4.78, 5) is 18.3. The van der Waals surface area contributed by atoms with Crippen molar-refractivity contribution in [3.05, 3.63) is 60.2 Å². The Labute approximate surface area is 129 Å². The zero-order chi connectivity index (χ0) is 15.4. The molecule has 1 heterocycles. The van der Waals surface area contributed by atoms with Crippen LogP contribution in [0.2, 0.25) is 0 Å². The van der Waals surface area contributed by atoms with Crippen molar-refractivity contribution in [1.29, 1.82) is 0 Å². The van der Waals surface area contributed by atoms with Crippen LogP contribution in [0.1, 0.15) is 18.4 Å². The summed E-state index contributed by atoms with van der Waals surface area (Å²) in [6.07, 6.45) is 5.60. The summed E-state index contributed by atoms with van der Waals surface area (Å²) in [5.41, 5.74) is 1.83. The van der Waals surface area contributed by atoms with Gasteiger partial charge >= 0.3 is 0 Å². The number of hydrogen-bond acceptors (Lipinski definition) is 3. The fraction of sp³-hybridized carbons (Fsp3) is 0.294. The number of halogens is 1. The summed E-state index contributed by atoms with van der Waals surface area (Å²) < 4.78 is 12.9. The number of pyridine rings is 1. The molecule has 0 saturated heterocycles. The fourth-order valence-electron chi connectivity index (χ4n) is 2.34. The van der Waals surface area contributed by atoms with Gasteiger partial charge < -0.3 is 10.2 Å². The van der Waals surface area contributed by atoms with E-state index >= 15 is 0 Å². The lowest BCUT2D eigenvalue weighted by Crippen LogP contribution is -2.36. The summed E-state index contributed by atoms with van der Waals surface area (Å²) in [6, 6.07) is 10.2. The molecule has 5 heteroatoms. The monoisotopic (exact) mass is 299 g/mol. The van der Waals surface area contributed by atoms with Crippen molar-refractivity contribution in [3.63, 3.8) is 0 Å². The van der Waals surface area contributed by atoms with Gasteiger partial charge in [-0.05, 0) is 54.8 Å². The maximum atomic E-state index is 12.9. The fourth-order valence-corrected chi connectivity index (χ4v) is 2.34. The zero-order valence-corrected chi connectivity index (χ0v) is 12.2. The first-order valence-electron chi connectivity index (χ1n) is 7.40. The van der Waals surface area contributed by atoms with Gasteiger partial charge in [-0.1, -0.05) is 0 Å². The highest BCUT2D eigenvalue weighted by Crippen LogP contribution is 2.28. The van der Waals surface area contributed by atoms with Crippen molar-refractivity contribution in [3.8, 4) is 0 Å². The van der Waals surface area contributed by atoms with E-state index < -0.39 is 0 Å². The Hall–Kier alpha value is -2.43. The van der Waals surface area contributed by atoms with Crippen molar-refractivity contribution in [2.24, 2.45) is 0 Å². The summed E-state index contributed by atoms with van der Waals surface area (Å²) in [5, 5.41) is 3.05. The smallest absolute Gasteiger partial charge is 0.242 e. The van der Waals surface area contributed by atoms with E-state index in [2.05, 4.69) is 10.3 Å². The molecule has 4 nitrogen and oxygen atoms in total. The first-order chi connectivity index (χ1) is 10.7. The van der Waals surface area contributed by atoms with Crippen LogP contribution in [0.4, 0.5) is 10.1 Å². The van der Waals surface area contributed by atoms with E-state index in [0.717, 1.165) is 24.1 Å². The second kappa shape index (κ2) is 6.56. The molecule has 1 aliphatic carbocycles. The van der Waals surface area contributed by atoms with Crippen molar-refractivity contribution in [2.75, 3.05) is 11.9 Å². The highest BCUT2D eigenvalue weighted by Gasteiger charge is 2.32. The molecule has 3 rings (SSSR count). The number of hydrogen-bond donors (Lipinski definition) is 1. The molecule has 0 radical (unpaired) electrons. The van der Waals surface area contributed by atoms with E-state index in [0.29, 0.717) is 12.6 Å². The van der Waals surface area contributed by atoms with E-state index in [4.69, 9.17) is 0 Å². The Bertz CT molecular complexity index is 626. The predicted octanol–water partition coefficient (Wildman–Crippen LogP) is 2.82. The molecule has 1 amide bonds. The van der Waals surface area contributed by atoms with Crippen molar-refractivity contribution in [1.82, 2.24) is 9.88 Å². The van der Waals surface area contributed by atoms with Crippen LogP contribution in [0.3, 0.4) is 0 Å². The van der Waals surface area contributed by atoms with Crippen molar-refractivity contribution < 1.29 is 9.18 Å². The molecule has 0 aliphatic heterocycles.